The lowest BCUT2D eigenvalue weighted by atomic mass is 10.0. The van der Waals surface area contributed by atoms with Gasteiger partial charge in [-0.2, -0.15) is 0 Å². The van der Waals surface area contributed by atoms with E-state index in [4.69, 9.17) is 4.74 Å². The first-order valence-electron chi connectivity index (χ1n) is 9.53. The van der Waals surface area contributed by atoms with Gasteiger partial charge in [0.2, 0.25) is 12.3 Å². The molecule has 0 aliphatic carbocycles. The summed E-state index contributed by atoms with van der Waals surface area (Å²) in [5.41, 5.74) is 2.27. The summed E-state index contributed by atoms with van der Waals surface area (Å²) in [4.78, 5) is 41.7. The van der Waals surface area contributed by atoms with Crippen molar-refractivity contribution in [2.24, 2.45) is 0 Å². The summed E-state index contributed by atoms with van der Waals surface area (Å²) < 4.78 is 5.99. The number of carbonyl (C=O) groups excluding carboxylic acids is 3. The van der Waals surface area contributed by atoms with Crippen molar-refractivity contribution in [2.75, 3.05) is 31.0 Å². The van der Waals surface area contributed by atoms with Gasteiger partial charge in [-0.3, -0.25) is 19.3 Å². The number of carbonyl (C=O) groups is 3. The van der Waals surface area contributed by atoms with E-state index >= 15 is 0 Å². The maximum atomic E-state index is 13.2. The Hall–Kier alpha value is -2.87. The van der Waals surface area contributed by atoms with Gasteiger partial charge in [0, 0.05) is 25.0 Å². The summed E-state index contributed by atoms with van der Waals surface area (Å²) >= 11 is 3.43. The molecule has 0 spiro atoms. The minimum atomic E-state index is -0.499. The molecule has 7 nitrogen and oxygen atoms in total. The van der Waals surface area contributed by atoms with Crippen LogP contribution in [-0.2, 0) is 20.9 Å². The first-order valence-corrected chi connectivity index (χ1v) is 10.3. The fourth-order valence-electron chi connectivity index (χ4n) is 3.56. The highest BCUT2D eigenvalue weighted by molar-refractivity contribution is 9.10. The monoisotopic (exact) mass is 473 g/mol. The molecule has 1 heterocycles. The fraction of sp³-hybridized carbons (Fsp3) is 0.318. The molecule has 8 heteroatoms. The number of likely N-dealkylation sites (N-methyl/N-ethyl adjacent to an activating group) is 1. The van der Waals surface area contributed by atoms with Crippen LogP contribution in [0.4, 0.5) is 11.4 Å². The number of likely N-dealkylation sites (tertiary alicyclic amines) is 1. The highest BCUT2D eigenvalue weighted by Gasteiger charge is 2.37. The summed E-state index contributed by atoms with van der Waals surface area (Å²) in [6, 6.07) is 12.4. The van der Waals surface area contributed by atoms with E-state index in [9.17, 15) is 14.4 Å². The second kappa shape index (κ2) is 9.30. The van der Waals surface area contributed by atoms with Crippen LogP contribution in [0.2, 0.25) is 0 Å². The Morgan fingerprint density at radius 3 is 2.47 bits per heavy atom. The molecule has 1 unspecified atom stereocenters. The molecule has 1 aliphatic rings. The largest absolute Gasteiger partial charge is 0.497 e. The van der Waals surface area contributed by atoms with Crippen molar-refractivity contribution in [3.8, 4) is 5.75 Å². The van der Waals surface area contributed by atoms with E-state index in [1.807, 2.05) is 42.3 Å². The molecule has 158 valence electrons. The van der Waals surface area contributed by atoms with Gasteiger partial charge in [0.1, 0.15) is 11.8 Å². The summed E-state index contributed by atoms with van der Waals surface area (Å²) in [6.07, 6.45) is 1.43. The van der Waals surface area contributed by atoms with E-state index in [2.05, 4.69) is 15.9 Å². The number of halogens is 1. The van der Waals surface area contributed by atoms with Crippen molar-refractivity contribution in [1.82, 2.24) is 4.90 Å². The number of piperidine rings is 1. The lowest BCUT2D eigenvalue weighted by molar-refractivity contribution is -0.149. The molecule has 1 atom stereocenters. The molecule has 3 amide bonds. The van der Waals surface area contributed by atoms with Crippen LogP contribution < -0.4 is 14.5 Å². The number of methoxy groups -OCH3 is 1. The van der Waals surface area contributed by atoms with E-state index < -0.39 is 6.04 Å². The highest BCUT2D eigenvalue weighted by Crippen LogP contribution is 2.34. The van der Waals surface area contributed by atoms with Gasteiger partial charge in [0.25, 0.3) is 5.91 Å². The van der Waals surface area contributed by atoms with E-state index in [0.717, 1.165) is 27.9 Å². The zero-order valence-electron chi connectivity index (χ0n) is 17.2. The van der Waals surface area contributed by atoms with E-state index in [0.29, 0.717) is 12.1 Å². The van der Waals surface area contributed by atoms with Crippen LogP contribution in [0.15, 0.2) is 46.9 Å². The average Bonchev–Trinajstić information content (AvgIpc) is 2.76. The van der Waals surface area contributed by atoms with Gasteiger partial charge in [-0.15, -0.1) is 0 Å². The smallest absolute Gasteiger partial charge is 0.252 e. The van der Waals surface area contributed by atoms with Gasteiger partial charge >= 0.3 is 0 Å². The van der Waals surface area contributed by atoms with Crippen LogP contribution in [0, 0.1) is 0 Å². The van der Waals surface area contributed by atoms with Crippen LogP contribution in [0.1, 0.15) is 18.4 Å². The standard InChI is InChI=1S/C22H24BrN3O4/c1-24(14-27)20-12-16(23)6-9-18(20)25(2)19-10-11-21(28)26(22(19)29)13-15-4-7-17(30-3)8-5-15/h4-9,12,14,19H,10-11,13H2,1-3H3. The number of nitrogens with zero attached hydrogens (tertiary/aromatic N) is 3. The molecule has 0 aromatic heterocycles. The Bertz CT molecular complexity index is 948. The third-order valence-corrected chi connectivity index (χ3v) is 5.80. The van der Waals surface area contributed by atoms with Crippen molar-refractivity contribution in [1.29, 1.82) is 0 Å². The van der Waals surface area contributed by atoms with Crippen LogP contribution >= 0.6 is 15.9 Å². The molecule has 2 aromatic carbocycles. The van der Waals surface area contributed by atoms with Crippen molar-refractivity contribution < 1.29 is 19.1 Å². The lowest BCUT2D eigenvalue weighted by Gasteiger charge is -2.37. The highest BCUT2D eigenvalue weighted by atomic mass is 79.9. The quantitative estimate of drug-likeness (QED) is 0.456. The van der Waals surface area contributed by atoms with E-state index in [1.165, 1.54) is 9.80 Å². The Morgan fingerprint density at radius 2 is 1.83 bits per heavy atom. The molecule has 30 heavy (non-hydrogen) atoms. The number of ether oxygens (including phenoxy) is 1. The Labute approximate surface area is 184 Å². The molecule has 0 radical (unpaired) electrons. The summed E-state index contributed by atoms with van der Waals surface area (Å²) in [7, 11) is 5.06. The fourth-order valence-corrected chi connectivity index (χ4v) is 3.91. The molecule has 0 bridgehead atoms. The zero-order chi connectivity index (χ0) is 21.8. The van der Waals surface area contributed by atoms with Gasteiger partial charge in [-0.25, -0.2) is 0 Å². The molecular weight excluding hydrogens is 450 g/mol. The van der Waals surface area contributed by atoms with Crippen molar-refractivity contribution in [3.63, 3.8) is 0 Å². The minimum Gasteiger partial charge on any atom is -0.497 e. The Kier molecular flexibility index (Phi) is 6.77. The van der Waals surface area contributed by atoms with E-state index in [-0.39, 0.29) is 24.8 Å². The Balaban J connectivity index is 1.85. The topological polar surface area (TPSA) is 70.2 Å². The lowest BCUT2D eigenvalue weighted by Crippen LogP contribution is -2.53. The van der Waals surface area contributed by atoms with Crippen LogP contribution in [0.3, 0.4) is 0 Å². The van der Waals surface area contributed by atoms with Crippen LogP contribution in [-0.4, -0.2) is 50.4 Å². The minimum absolute atomic E-state index is 0.179. The predicted octanol–water partition coefficient (Wildman–Crippen LogP) is 3.20. The third kappa shape index (κ3) is 4.48. The number of amides is 3. The third-order valence-electron chi connectivity index (χ3n) is 5.31. The average molecular weight is 474 g/mol. The maximum absolute atomic E-state index is 13.2. The predicted molar refractivity (Wildman–Crippen MR) is 119 cm³/mol. The normalized spacial score (nSPS) is 16.4. The summed E-state index contributed by atoms with van der Waals surface area (Å²) in [5.74, 6) is 0.295. The van der Waals surface area contributed by atoms with Crippen molar-refractivity contribution in [3.05, 3.63) is 52.5 Å². The molecule has 3 rings (SSSR count). The molecule has 1 saturated heterocycles. The van der Waals surface area contributed by atoms with Gasteiger partial charge in [-0.1, -0.05) is 28.1 Å². The van der Waals surface area contributed by atoms with Crippen LogP contribution in [0.5, 0.6) is 5.75 Å². The van der Waals surface area contributed by atoms with Gasteiger partial charge < -0.3 is 14.5 Å². The zero-order valence-corrected chi connectivity index (χ0v) is 18.8. The molecular formula is C22H24BrN3O4. The van der Waals surface area contributed by atoms with Gasteiger partial charge in [0.15, 0.2) is 0 Å². The number of rotatable bonds is 7. The first-order chi connectivity index (χ1) is 14.3. The van der Waals surface area contributed by atoms with Gasteiger partial charge in [-0.05, 0) is 42.3 Å². The number of hydrogen-bond acceptors (Lipinski definition) is 5. The number of hydrogen-bond donors (Lipinski definition) is 0. The number of benzene rings is 2. The second-order valence-electron chi connectivity index (χ2n) is 7.18. The van der Waals surface area contributed by atoms with Crippen LogP contribution in [0.25, 0.3) is 0 Å². The molecule has 0 N–H and O–H groups in total. The molecule has 1 aliphatic heterocycles. The van der Waals surface area contributed by atoms with E-state index in [1.54, 1.807) is 26.3 Å². The molecule has 1 fully saturated rings. The van der Waals surface area contributed by atoms with Crippen molar-refractivity contribution >= 4 is 45.5 Å². The maximum Gasteiger partial charge on any atom is 0.252 e. The second-order valence-corrected chi connectivity index (χ2v) is 8.10. The summed E-state index contributed by atoms with van der Waals surface area (Å²) in [5, 5.41) is 0. The van der Waals surface area contributed by atoms with Gasteiger partial charge in [0.05, 0.1) is 25.0 Å². The Morgan fingerprint density at radius 1 is 1.13 bits per heavy atom. The SMILES string of the molecule is COc1ccc(CN2C(=O)CCC(N(C)c3ccc(Br)cc3N(C)C=O)C2=O)cc1. The first kappa shape index (κ1) is 21.8. The van der Waals surface area contributed by atoms with Crippen molar-refractivity contribution in [2.45, 2.75) is 25.4 Å². The molecule has 2 aromatic rings. The number of imide groups is 1. The number of anilines is 2. The molecule has 0 saturated carbocycles. The summed E-state index contributed by atoms with van der Waals surface area (Å²) in [6.45, 7) is 0.216.